The fourth-order valence-electron chi connectivity index (χ4n) is 2.06. The minimum absolute atomic E-state index is 0.143. The van der Waals surface area contributed by atoms with Crippen molar-refractivity contribution in [2.45, 2.75) is 27.2 Å². The maximum absolute atomic E-state index is 6.51. The summed E-state index contributed by atoms with van der Waals surface area (Å²) in [7, 11) is 0. The van der Waals surface area contributed by atoms with Crippen LogP contribution < -0.4 is 5.73 Å². The molecule has 0 atom stereocenters. The fourth-order valence-corrected chi connectivity index (χ4v) is 2.54. The van der Waals surface area contributed by atoms with Crippen LogP contribution in [0.25, 0.3) is 11.3 Å². The molecule has 0 saturated carbocycles. The molecule has 0 spiro atoms. The number of hydrogen-bond acceptors (Lipinski definition) is 3. The fraction of sp³-hybridized carbons (Fsp3) is 0.333. The molecular formula is C15H17Cl2N3. The molecule has 1 heterocycles. The monoisotopic (exact) mass is 309 g/mol. The SMILES string of the molecule is CC(C)(C)Cc1cccc(-c2cc(Cl)nc(N)n2)c1Cl. The number of rotatable bonds is 2. The number of hydrogen-bond donors (Lipinski definition) is 1. The zero-order valence-electron chi connectivity index (χ0n) is 11.7. The molecule has 0 saturated heterocycles. The molecule has 0 aliphatic carbocycles. The highest BCUT2D eigenvalue weighted by atomic mass is 35.5. The summed E-state index contributed by atoms with van der Waals surface area (Å²) in [5.41, 5.74) is 8.35. The van der Waals surface area contributed by atoms with Crippen molar-refractivity contribution < 1.29 is 0 Å². The highest BCUT2D eigenvalue weighted by Gasteiger charge is 2.16. The van der Waals surface area contributed by atoms with Gasteiger partial charge in [0, 0.05) is 11.6 Å². The van der Waals surface area contributed by atoms with Gasteiger partial charge in [0.1, 0.15) is 5.15 Å². The summed E-state index contributed by atoms with van der Waals surface area (Å²) in [6.45, 7) is 6.53. The van der Waals surface area contributed by atoms with Gasteiger partial charge in [0.05, 0.1) is 10.7 Å². The predicted octanol–water partition coefficient (Wildman–Crippen LogP) is 4.62. The van der Waals surface area contributed by atoms with Crippen LogP contribution in [-0.4, -0.2) is 9.97 Å². The summed E-state index contributed by atoms with van der Waals surface area (Å²) < 4.78 is 0. The molecule has 0 fully saturated rings. The Bertz CT molecular complexity index is 613. The van der Waals surface area contributed by atoms with Crippen LogP contribution in [-0.2, 0) is 6.42 Å². The summed E-state index contributed by atoms with van der Waals surface area (Å²) >= 11 is 12.4. The lowest BCUT2D eigenvalue weighted by molar-refractivity contribution is 0.411. The minimum Gasteiger partial charge on any atom is -0.368 e. The van der Waals surface area contributed by atoms with Crippen LogP contribution in [0.2, 0.25) is 10.2 Å². The first kappa shape index (κ1) is 15.1. The molecule has 0 amide bonds. The number of benzene rings is 1. The maximum atomic E-state index is 6.51. The summed E-state index contributed by atoms with van der Waals surface area (Å²) in [5, 5.41) is 1.00. The molecule has 0 unspecified atom stereocenters. The Balaban J connectivity index is 2.50. The Kier molecular flexibility index (Phi) is 4.21. The van der Waals surface area contributed by atoms with E-state index >= 15 is 0 Å². The van der Waals surface area contributed by atoms with E-state index in [1.807, 2.05) is 18.2 Å². The first-order valence-corrected chi connectivity index (χ1v) is 7.10. The van der Waals surface area contributed by atoms with Gasteiger partial charge < -0.3 is 5.73 Å². The second kappa shape index (κ2) is 5.58. The maximum Gasteiger partial charge on any atom is 0.221 e. The smallest absolute Gasteiger partial charge is 0.221 e. The Hall–Kier alpha value is -1.32. The molecule has 5 heteroatoms. The van der Waals surface area contributed by atoms with Crippen LogP contribution in [0, 0.1) is 5.41 Å². The van der Waals surface area contributed by atoms with Crippen LogP contribution in [0.3, 0.4) is 0 Å². The van der Waals surface area contributed by atoms with E-state index < -0.39 is 0 Å². The number of nitrogen functional groups attached to an aromatic ring is 1. The van der Waals surface area contributed by atoms with E-state index in [2.05, 4.69) is 30.7 Å². The van der Waals surface area contributed by atoms with Crippen molar-refractivity contribution in [2.75, 3.05) is 5.73 Å². The number of aromatic nitrogens is 2. The van der Waals surface area contributed by atoms with Crippen molar-refractivity contribution >= 4 is 29.2 Å². The van der Waals surface area contributed by atoms with Crippen LogP contribution in [0.5, 0.6) is 0 Å². The lowest BCUT2D eigenvalue weighted by Gasteiger charge is -2.20. The Morgan fingerprint density at radius 2 is 1.85 bits per heavy atom. The molecule has 1 aromatic carbocycles. The van der Waals surface area contributed by atoms with Gasteiger partial charge in [-0.3, -0.25) is 0 Å². The largest absolute Gasteiger partial charge is 0.368 e. The quantitative estimate of drug-likeness (QED) is 0.823. The normalized spacial score (nSPS) is 11.7. The molecule has 3 nitrogen and oxygen atoms in total. The molecule has 2 rings (SSSR count). The van der Waals surface area contributed by atoms with Crippen molar-refractivity contribution in [3.8, 4) is 11.3 Å². The molecule has 2 aromatic rings. The number of nitrogens with zero attached hydrogens (tertiary/aromatic N) is 2. The summed E-state index contributed by atoms with van der Waals surface area (Å²) in [4.78, 5) is 8.06. The van der Waals surface area contributed by atoms with Gasteiger partial charge in [-0.2, -0.15) is 0 Å². The Morgan fingerprint density at radius 3 is 2.45 bits per heavy atom. The van der Waals surface area contributed by atoms with Crippen LogP contribution in [0.1, 0.15) is 26.3 Å². The van der Waals surface area contributed by atoms with Crippen molar-refractivity contribution in [3.63, 3.8) is 0 Å². The van der Waals surface area contributed by atoms with Crippen molar-refractivity contribution in [3.05, 3.63) is 40.0 Å². The molecule has 0 bridgehead atoms. The van der Waals surface area contributed by atoms with E-state index in [4.69, 9.17) is 28.9 Å². The third kappa shape index (κ3) is 3.62. The summed E-state index contributed by atoms with van der Waals surface area (Å²) in [6.07, 6.45) is 0.883. The highest BCUT2D eigenvalue weighted by Crippen LogP contribution is 2.34. The lowest BCUT2D eigenvalue weighted by Crippen LogP contribution is -2.09. The molecule has 0 aliphatic heterocycles. The van der Waals surface area contributed by atoms with Gasteiger partial charge in [0.25, 0.3) is 0 Å². The van der Waals surface area contributed by atoms with Gasteiger partial charge in [-0.15, -0.1) is 0 Å². The second-order valence-electron chi connectivity index (χ2n) is 5.95. The third-order valence-electron chi connectivity index (χ3n) is 2.79. The summed E-state index contributed by atoms with van der Waals surface area (Å²) in [6, 6.07) is 7.57. The lowest BCUT2D eigenvalue weighted by atomic mass is 9.87. The summed E-state index contributed by atoms with van der Waals surface area (Å²) in [5.74, 6) is 0.143. The van der Waals surface area contributed by atoms with E-state index in [1.54, 1.807) is 6.07 Å². The van der Waals surface area contributed by atoms with Crippen molar-refractivity contribution in [1.29, 1.82) is 0 Å². The van der Waals surface area contributed by atoms with Crippen LogP contribution in [0.15, 0.2) is 24.3 Å². The first-order valence-electron chi connectivity index (χ1n) is 6.34. The molecule has 0 aliphatic rings. The molecular weight excluding hydrogens is 293 g/mol. The molecule has 20 heavy (non-hydrogen) atoms. The van der Waals surface area contributed by atoms with E-state index in [9.17, 15) is 0 Å². The Labute approximate surface area is 129 Å². The van der Waals surface area contributed by atoms with Crippen molar-refractivity contribution in [1.82, 2.24) is 9.97 Å². The standard InChI is InChI=1S/C15H17Cl2N3/c1-15(2,3)8-9-5-4-6-10(13(9)17)11-7-12(16)20-14(18)19-11/h4-7H,8H2,1-3H3,(H2,18,19,20). The van der Waals surface area contributed by atoms with E-state index in [-0.39, 0.29) is 11.4 Å². The Morgan fingerprint density at radius 1 is 1.15 bits per heavy atom. The van der Waals surface area contributed by atoms with E-state index in [1.165, 1.54) is 0 Å². The van der Waals surface area contributed by atoms with Gasteiger partial charge in [-0.1, -0.05) is 62.2 Å². The van der Waals surface area contributed by atoms with Gasteiger partial charge in [0.15, 0.2) is 0 Å². The van der Waals surface area contributed by atoms with Crippen molar-refractivity contribution in [2.24, 2.45) is 5.41 Å². The zero-order chi connectivity index (χ0) is 14.9. The van der Waals surface area contributed by atoms with E-state index in [0.717, 1.165) is 17.5 Å². The van der Waals surface area contributed by atoms with Crippen LogP contribution in [0.4, 0.5) is 5.95 Å². The highest BCUT2D eigenvalue weighted by molar-refractivity contribution is 6.34. The van der Waals surface area contributed by atoms with Gasteiger partial charge in [-0.25, -0.2) is 9.97 Å². The topological polar surface area (TPSA) is 51.8 Å². The van der Waals surface area contributed by atoms with Gasteiger partial charge >= 0.3 is 0 Å². The van der Waals surface area contributed by atoms with E-state index in [0.29, 0.717) is 15.9 Å². The molecule has 1 aromatic heterocycles. The second-order valence-corrected chi connectivity index (χ2v) is 6.72. The predicted molar refractivity (Wildman–Crippen MR) is 85.1 cm³/mol. The van der Waals surface area contributed by atoms with Gasteiger partial charge in [-0.05, 0) is 17.4 Å². The zero-order valence-corrected chi connectivity index (χ0v) is 13.3. The minimum atomic E-state index is 0.143. The average molecular weight is 310 g/mol. The molecule has 0 radical (unpaired) electrons. The van der Waals surface area contributed by atoms with Crippen LogP contribution >= 0.6 is 23.2 Å². The molecule has 106 valence electrons. The first-order chi connectivity index (χ1) is 9.26. The number of halogens is 2. The third-order valence-corrected chi connectivity index (χ3v) is 3.43. The number of nitrogens with two attached hydrogens (primary N) is 1. The molecule has 2 N–H and O–H groups in total. The number of anilines is 1. The average Bonchev–Trinajstić information content (AvgIpc) is 2.28. The van der Waals surface area contributed by atoms with Gasteiger partial charge in [0.2, 0.25) is 5.95 Å².